The second-order valence-electron chi connectivity index (χ2n) is 5.64. The molecule has 8 heteroatoms. The highest BCUT2D eigenvalue weighted by Crippen LogP contribution is 2.17. The van der Waals surface area contributed by atoms with Crippen LogP contribution < -0.4 is 4.74 Å². The largest absolute Gasteiger partial charge is 0.513 e. The third-order valence-corrected chi connectivity index (χ3v) is 2.41. The van der Waals surface area contributed by atoms with Gasteiger partial charge in [0.2, 0.25) is 0 Å². The Morgan fingerprint density at radius 3 is 2.30 bits per heavy atom. The molecule has 0 spiro atoms. The van der Waals surface area contributed by atoms with E-state index in [1.165, 1.54) is 24.3 Å². The fourth-order valence-electron chi connectivity index (χ4n) is 1.53. The number of hydrogen-bond donors (Lipinski definition) is 0. The van der Waals surface area contributed by atoms with Crippen LogP contribution >= 0.6 is 0 Å². The molecule has 0 saturated heterocycles. The van der Waals surface area contributed by atoms with Crippen molar-refractivity contribution < 1.29 is 28.7 Å². The van der Waals surface area contributed by atoms with E-state index in [0.717, 1.165) is 0 Å². The third-order valence-electron chi connectivity index (χ3n) is 2.41. The van der Waals surface area contributed by atoms with Gasteiger partial charge >= 0.3 is 12.1 Å². The van der Waals surface area contributed by atoms with E-state index in [2.05, 4.69) is 0 Å². The summed E-state index contributed by atoms with van der Waals surface area (Å²) in [7, 11) is 0. The van der Waals surface area contributed by atoms with Crippen molar-refractivity contribution in [2.24, 2.45) is 0 Å². The SMILES string of the molecule is CC(C)(C)OC(=O)CCCOC(=O)Oc1ccc([N+](=O)[O-])cc1. The van der Waals surface area contributed by atoms with Gasteiger partial charge in [0.15, 0.2) is 0 Å². The second-order valence-corrected chi connectivity index (χ2v) is 5.64. The van der Waals surface area contributed by atoms with E-state index in [0.29, 0.717) is 6.42 Å². The van der Waals surface area contributed by atoms with E-state index in [1.807, 2.05) is 0 Å². The summed E-state index contributed by atoms with van der Waals surface area (Å²) in [5.74, 6) is -0.238. The summed E-state index contributed by atoms with van der Waals surface area (Å²) in [6, 6.07) is 5.01. The molecule has 0 aromatic heterocycles. The highest BCUT2D eigenvalue weighted by atomic mass is 16.7. The van der Waals surface area contributed by atoms with Crippen LogP contribution in [-0.4, -0.2) is 29.3 Å². The van der Waals surface area contributed by atoms with E-state index < -0.39 is 16.7 Å². The molecular weight excluding hydrogens is 306 g/mol. The minimum absolute atomic E-state index is 0.00502. The van der Waals surface area contributed by atoms with Gasteiger partial charge in [0, 0.05) is 18.6 Å². The number of non-ortho nitro benzene ring substituents is 1. The lowest BCUT2D eigenvalue weighted by atomic mass is 10.2. The van der Waals surface area contributed by atoms with Crippen molar-refractivity contribution in [3.8, 4) is 5.75 Å². The maximum absolute atomic E-state index is 11.4. The van der Waals surface area contributed by atoms with E-state index in [4.69, 9.17) is 14.2 Å². The molecule has 0 N–H and O–H groups in total. The highest BCUT2D eigenvalue weighted by Gasteiger charge is 2.16. The number of esters is 1. The van der Waals surface area contributed by atoms with Crippen molar-refractivity contribution in [3.63, 3.8) is 0 Å². The molecule has 0 unspecified atom stereocenters. The molecule has 0 aliphatic rings. The smallest absolute Gasteiger partial charge is 0.460 e. The van der Waals surface area contributed by atoms with E-state index in [1.54, 1.807) is 20.8 Å². The zero-order valence-electron chi connectivity index (χ0n) is 13.2. The number of carbonyl (C=O) groups is 2. The lowest BCUT2D eigenvalue weighted by molar-refractivity contribution is -0.384. The number of rotatable bonds is 6. The number of nitro benzene ring substituents is 1. The lowest BCUT2D eigenvalue weighted by Gasteiger charge is -2.19. The van der Waals surface area contributed by atoms with Crippen molar-refractivity contribution in [1.82, 2.24) is 0 Å². The molecule has 0 atom stereocenters. The Hall–Kier alpha value is -2.64. The van der Waals surface area contributed by atoms with Crippen LogP contribution in [0.25, 0.3) is 0 Å². The molecular formula is C15H19NO7. The second kappa shape index (κ2) is 8.11. The molecule has 0 bridgehead atoms. The topological polar surface area (TPSA) is 105 Å². The standard InChI is InChI=1S/C15H19NO7/c1-15(2,3)23-13(17)5-4-10-21-14(18)22-12-8-6-11(7-9-12)16(19)20/h6-9H,4-5,10H2,1-3H3. The minimum atomic E-state index is -0.942. The fraction of sp³-hybridized carbons (Fsp3) is 0.467. The summed E-state index contributed by atoms with van der Waals surface area (Å²) >= 11 is 0. The fourth-order valence-corrected chi connectivity index (χ4v) is 1.53. The zero-order valence-corrected chi connectivity index (χ0v) is 13.2. The predicted molar refractivity (Wildman–Crippen MR) is 80.2 cm³/mol. The summed E-state index contributed by atoms with van der Waals surface area (Å²) < 4.78 is 14.7. The third kappa shape index (κ3) is 7.79. The molecule has 126 valence electrons. The van der Waals surface area contributed by atoms with Crippen molar-refractivity contribution in [1.29, 1.82) is 0 Å². The van der Waals surface area contributed by atoms with Crippen LogP contribution in [0.3, 0.4) is 0 Å². The molecule has 0 radical (unpaired) electrons. The monoisotopic (exact) mass is 325 g/mol. The Morgan fingerprint density at radius 1 is 1.17 bits per heavy atom. The molecule has 0 aliphatic heterocycles. The normalized spacial score (nSPS) is 10.7. The number of nitrogens with zero attached hydrogens (tertiary/aromatic N) is 1. The number of benzene rings is 1. The summed E-state index contributed by atoms with van der Waals surface area (Å²) in [4.78, 5) is 32.8. The van der Waals surface area contributed by atoms with Gasteiger partial charge in [-0.2, -0.15) is 0 Å². The maximum Gasteiger partial charge on any atom is 0.513 e. The molecule has 0 saturated carbocycles. The number of nitro groups is 1. The number of ether oxygens (including phenoxy) is 3. The molecule has 1 rings (SSSR count). The summed E-state index contributed by atoms with van der Waals surface area (Å²) in [6.45, 7) is 5.31. The number of carbonyl (C=O) groups excluding carboxylic acids is 2. The van der Waals surface area contributed by atoms with Crippen LogP contribution in [0.4, 0.5) is 10.5 Å². The quantitative estimate of drug-likeness (QED) is 0.260. The van der Waals surface area contributed by atoms with Gasteiger partial charge in [-0.15, -0.1) is 0 Å². The van der Waals surface area contributed by atoms with Crippen molar-refractivity contribution in [3.05, 3.63) is 34.4 Å². The van der Waals surface area contributed by atoms with Crippen LogP contribution in [0.1, 0.15) is 33.6 Å². The van der Waals surface area contributed by atoms with Crippen LogP contribution in [0.5, 0.6) is 5.75 Å². The van der Waals surface area contributed by atoms with E-state index in [9.17, 15) is 19.7 Å². The van der Waals surface area contributed by atoms with Gasteiger partial charge in [0.25, 0.3) is 5.69 Å². The van der Waals surface area contributed by atoms with Gasteiger partial charge in [-0.1, -0.05) is 0 Å². The Morgan fingerprint density at radius 2 is 1.78 bits per heavy atom. The molecule has 1 aromatic carbocycles. The Labute approximate surface area is 133 Å². The molecule has 0 aliphatic carbocycles. The van der Waals surface area contributed by atoms with Crippen LogP contribution in [0, 0.1) is 10.1 Å². The molecule has 0 amide bonds. The lowest BCUT2D eigenvalue weighted by Crippen LogP contribution is -2.24. The molecule has 0 heterocycles. The summed E-state index contributed by atoms with van der Waals surface area (Å²) in [5.41, 5.74) is -0.657. The van der Waals surface area contributed by atoms with Gasteiger partial charge in [0.05, 0.1) is 11.5 Å². The van der Waals surface area contributed by atoms with Crippen LogP contribution in [0.15, 0.2) is 24.3 Å². The van der Waals surface area contributed by atoms with Gasteiger partial charge < -0.3 is 14.2 Å². The summed E-state index contributed by atoms with van der Waals surface area (Å²) in [6.07, 6.45) is -0.505. The Bertz CT molecular complexity index is 560. The van der Waals surface area contributed by atoms with Crippen LogP contribution in [-0.2, 0) is 14.3 Å². The van der Waals surface area contributed by atoms with Crippen molar-refractivity contribution >= 4 is 17.8 Å². The van der Waals surface area contributed by atoms with Crippen molar-refractivity contribution in [2.45, 2.75) is 39.2 Å². The molecule has 8 nitrogen and oxygen atoms in total. The Kier molecular flexibility index (Phi) is 6.49. The van der Waals surface area contributed by atoms with Crippen LogP contribution in [0.2, 0.25) is 0 Å². The molecule has 23 heavy (non-hydrogen) atoms. The van der Waals surface area contributed by atoms with Gasteiger partial charge in [-0.25, -0.2) is 4.79 Å². The first-order chi connectivity index (χ1) is 10.7. The first-order valence-corrected chi connectivity index (χ1v) is 6.98. The zero-order chi connectivity index (χ0) is 17.5. The maximum atomic E-state index is 11.4. The van der Waals surface area contributed by atoms with Gasteiger partial charge in [0.1, 0.15) is 11.4 Å². The average Bonchev–Trinajstić information content (AvgIpc) is 2.42. The number of hydrogen-bond acceptors (Lipinski definition) is 7. The molecule has 0 fully saturated rings. The van der Waals surface area contributed by atoms with Crippen molar-refractivity contribution in [2.75, 3.05) is 6.61 Å². The van der Waals surface area contributed by atoms with Gasteiger partial charge in [-0.05, 0) is 39.3 Å². The highest BCUT2D eigenvalue weighted by molar-refractivity contribution is 5.69. The summed E-state index contributed by atoms with van der Waals surface area (Å²) in [5, 5.41) is 10.5. The molecule has 1 aromatic rings. The first-order valence-electron chi connectivity index (χ1n) is 6.98. The predicted octanol–water partition coefficient (Wildman–Crippen LogP) is 3.23. The first kappa shape index (κ1) is 18.4. The van der Waals surface area contributed by atoms with E-state index >= 15 is 0 Å². The Balaban J connectivity index is 2.27. The minimum Gasteiger partial charge on any atom is -0.460 e. The average molecular weight is 325 g/mol. The van der Waals surface area contributed by atoms with Gasteiger partial charge in [-0.3, -0.25) is 14.9 Å². The van der Waals surface area contributed by atoms with E-state index in [-0.39, 0.29) is 30.4 Å².